The molecule has 0 saturated carbocycles. The van der Waals surface area contributed by atoms with Gasteiger partial charge >= 0.3 is 5.97 Å². The second-order valence-corrected chi connectivity index (χ2v) is 6.74. The fourth-order valence-corrected chi connectivity index (χ4v) is 2.43. The predicted molar refractivity (Wildman–Crippen MR) is 86.9 cm³/mol. The number of halogens is 1. The smallest absolute Gasteiger partial charge is 0.305 e. The van der Waals surface area contributed by atoms with E-state index in [-0.39, 0.29) is 18.2 Å². The number of carbonyl (C=O) groups excluding carboxylic acids is 1. The van der Waals surface area contributed by atoms with Crippen molar-refractivity contribution < 1.29 is 14.7 Å². The molecule has 0 aliphatic heterocycles. The van der Waals surface area contributed by atoms with Gasteiger partial charge in [0, 0.05) is 3.57 Å². The summed E-state index contributed by atoms with van der Waals surface area (Å²) in [5, 5.41) is 11.9. The van der Waals surface area contributed by atoms with Crippen molar-refractivity contribution in [1.82, 2.24) is 5.32 Å². The highest BCUT2D eigenvalue weighted by molar-refractivity contribution is 14.1. The van der Waals surface area contributed by atoms with E-state index in [0.29, 0.717) is 5.56 Å². The fraction of sp³-hybridized carbons (Fsp3) is 0.467. The van der Waals surface area contributed by atoms with Crippen molar-refractivity contribution in [1.29, 1.82) is 0 Å². The molecule has 1 aromatic rings. The SMILES string of the molecule is Cc1ccc(I)c(C(=O)NC(C)(CC(=O)O)C(C)C)c1. The summed E-state index contributed by atoms with van der Waals surface area (Å²) < 4.78 is 0.854. The average molecular weight is 389 g/mol. The third-order valence-corrected chi connectivity index (χ3v) is 4.50. The molecule has 0 bridgehead atoms. The van der Waals surface area contributed by atoms with Gasteiger partial charge in [0.2, 0.25) is 0 Å². The van der Waals surface area contributed by atoms with Gasteiger partial charge in [-0.1, -0.05) is 25.5 Å². The number of nitrogens with one attached hydrogen (secondary N) is 1. The Bertz CT molecular complexity index is 528. The van der Waals surface area contributed by atoms with Crippen LogP contribution in [0, 0.1) is 16.4 Å². The minimum atomic E-state index is -0.916. The zero-order valence-electron chi connectivity index (χ0n) is 12.2. The number of amides is 1. The standard InChI is InChI=1S/C15H20INO3/c1-9(2)15(4,8-13(18)19)17-14(20)11-7-10(3)5-6-12(11)16/h5-7,9H,8H2,1-4H3,(H,17,20)(H,18,19). The molecule has 0 aromatic heterocycles. The molecule has 0 saturated heterocycles. The molecular formula is C15H20INO3. The number of benzene rings is 1. The topological polar surface area (TPSA) is 66.4 Å². The van der Waals surface area contributed by atoms with Gasteiger partial charge in [0.15, 0.2) is 0 Å². The zero-order chi connectivity index (χ0) is 15.5. The van der Waals surface area contributed by atoms with Crippen LogP contribution in [0.3, 0.4) is 0 Å². The van der Waals surface area contributed by atoms with Crippen LogP contribution in [0.25, 0.3) is 0 Å². The number of rotatable bonds is 5. The second kappa shape index (κ2) is 6.56. The van der Waals surface area contributed by atoms with E-state index in [4.69, 9.17) is 5.11 Å². The van der Waals surface area contributed by atoms with Gasteiger partial charge in [0.05, 0.1) is 17.5 Å². The van der Waals surface area contributed by atoms with Crippen molar-refractivity contribution in [2.75, 3.05) is 0 Å². The van der Waals surface area contributed by atoms with Gasteiger partial charge in [-0.15, -0.1) is 0 Å². The molecule has 5 heteroatoms. The second-order valence-electron chi connectivity index (χ2n) is 5.58. The molecule has 0 aliphatic carbocycles. The van der Waals surface area contributed by atoms with E-state index < -0.39 is 11.5 Å². The van der Waals surface area contributed by atoms with Crippen molar-refractivity contribution in [2.24, 2.45) is 5.92 Å². The zero-order valence-corrected chi connectivity index (χ0v) is 14.3. The molecule has 1 atom stereocenters. The van der Waals surface area contributed by atoms with Crippen LogP contribution in [0.5, 0.6) is 0 Å². The molecule has 110 valence electrons. The summed E-state index contributed by atoms with van der Waals surface area (Å²) in [6, 6.07) is 5.64. The van der Waals surface area contributed by atoms with Crippen LogP contribution in [0.2, 0.25) is 0 Å². The van der Waals surface area contributed by atoms with Crippen molar-refractivity contribution in [3.05, 3.63) is 32.9 Å². The van der Waals surface area contributed by atoms with Gasteiger partial charge in [0.25, 0.3) is 5.91 Å². The lowest BCUT2D eigenvalue weighted by Crippen LogP contribution is -2.51. The first-order valence-electron chi connectivity index (χ1n) is 6.46. The normalized spacial score (nSPS) is 13.9. The van der Waals surface area contributed by atoms with Gasteiger partial charge in [-0.3, -0.25) is 9.59 Å². The van der Waals surface area contributed by atoms with E-state index >= 15 is 0 Å². The quantitative estimate of drug-likeness (QED) is 0.761. The first kappa shape index (κ1) is 16.9. The average Bonchev–Trinajstić information content (AvgIpc) is 2.30. The highest BCUT2D eigenvalue weighted by Crippen LogP contribution is 2.23. The number of carbonyl (C=O) groups is 2. The van der Waals surface area contributed by atoms with E-state index in [2.05, 4.69) is 27.9 Å². The maximum absolute atomic E-state index is 12.4. The lowest BCUT2D eigenvalue weighted by Gasteiger charge is -2.33. The molecule has 2 N–H and O–H groups in total. The molecule has 0 fully saturated rings. The molecule has 0 aliphatic rings. The maximum atomic E-state index is 12.4. The number of aryl methyl sites for hydroxylation is 1. The van der Waals surface area contributed by atoms with E-state index in [1.165, 1.54) is 0 Å². The molecule has 1 amide bonds. The van der Waals surface area contributed by atoms with Gasteiger partial charge < -0.3 is 10.4 Å². The summed E-state index contributed by atoms with van der Waals surface area (Å²) in [4.78, 5) is 23.4. The summed E-state index contributed by atoms with van der Waals surface area (Å²) in [5.74, 6) is -1.12. The summed E-state index contributed by atoms with van der Waals surface area (Å²) >= 11 is 2.11. The van der Waals surface area contributed by atoms with Gasteiger partial charge in [0.1, 0.15) is 0 Å². The van der Waals surface area contributed by atoms with Crippen LogP contribution in [0.1, 0.15) is 43.1 Å². The van der Waals surface area contributed by atoms with E-state index in [9.17, 15) is 9.59 Å². The Balaban J connectivity index is 3.02. The fourth-order valence-electron chi connectivity index (χ4n) is 1.85. The van der Waals surface area contributed by atoms with Gasteiger partial charge in [-0.25, -0.2) is 0 Å². The summed E-state index contributed by atoms with van der Waals surface area (Å²) in [6.07, 6.45) is -0.0984. The molecule has 1 rings (SSSR count). The number of hydrogen-bond donors (Lipinski definition) is 2. The van der Waals surface area contributed by atoms with Crippen LogP contribution in [-0.4, -0.2) is 22.5 Å². The number of carboxylic acids is 1. The van der Waals surface area contributed by atoms with Crippen LogP contribution in [0.15, 0.2) is 18.2 Å². The number of carboxylic acid groups (broad SMARTS) is 1. The van der Waals surface area contributed by atoms with Crippen molar-refractivity contribution in [3.8, 4) is 0 Å². The first-order valence-corrected chi connectivity index (χ1v) is 7.54. The Morgan fingerprint density at radius 2 is 2.00 bits per heavy atom. The predicted octanol–water partition coefficient (Wildman–Crippen LogP) is 3.22. The molecule has 0 radical (unpaired) electrons. The molecule has 20 heavy (non-hydrogen) atoms. The van der Waals surface area contributed by atoms with Gasteiger partial charge in [-0.2, -0.15) is 0 Å². The Kier molecular flexibility index (Phi) is 5.56. The van der Waals surface area contributed by atoms with Crippen molar-refractivity contribution >= 4 is 34.5 Å². The van der Waals surface area contributed by atoms with Crippen LogP contribution < -0.4 is 5.32 Å². The molecule has 0 spiro atoms. The summed E-state index contributed by atoms with van der Waals surface area (Å²) in [7, 11) is 0. The highest BCUT2D eigenvalue weighted by atomic mass is 127. The van der Waals surface area contributed by atoms with E-state index in [1.807, 2.05) is 39.0 Å². The monoisotopic (exact) mass is 389 g/mol. The number of hydrogen-bond acceptors (Lipinski definition) is 2. The third kappa shape index (κ3) is 4.19. The lowest BCUT2D eigenvalue weighted by atomic mass is 9.85. The van der Waals surface area contributed by atoms with E-state index in [1.54, 1.807) is 6.92 Å². The lowest BCUT2D eigenvalue weighted by molar-refractivity contribution is -0.138. The summed E-state index contributed by atoms with van der Waals surface area (Å²) in [5.41, 5.74) is 0.818. The van der Waals surface area contributed by atoms with Gasteiger partial charge in [-0.05, 0) is 54.5 Å². The minimum absolute atomic E-state index is 0.0185. The maximum Gasteiger partial charge on any atom is 0.305 e. The summed E-state index contributed by atoms with van der Waals surface area (Å²) in [6.45, 7) is 7.51. The molecule has 1 aromatic carbocycles. The Morgan fingerprint density at radius 3 is 2.50 bits per heavy atom. The molecule has 1 unspecified atom stereocenters. The number of aliphatic carboxylic acids is 1. The van der Waals surface area contributed by atoms with Crippen LogP contribution >= 0.6 is 22.6 Å². The Hall–Kier alpha value is -1.11. The van der Waals surface area contributed by atoms with Crippen molar-refractivity contribution in [3.63, 3.8) is 0 Å². The minimum Gasteiger partial charge on any atom is -0.481 e. The van der Waals surface area contributed by atoms with Crippen LogP contribution in [0.4, 0.5) is 0 Å². The third-order valence-electron chi connectivity index (χ3n) is 3.56. The van der Waals surface area contributed by atoms with E-state index in [0.717, 1.165) is 9.13 Å². The molecule has 0 heterocycles. The van der Waals surface area contributed by atoms with Crippen molar-refractivity contribution in [2.45, 2.75) is 39.7 Å². The molecular weight excluding hydrogens is 369 g/mol. The largest absolute Gasteiger partial charge is 0.481 e. The highest BCUT2D eigenvalue weighted by Gasteiger charge is 2.33. The Labute approximate surface area is 133 Å². The first-order chi connectivity index (χ1) is 9.15. The molecule has 4 nitrogen and oxygen atoms in total. The van der Waals surface area contributed by atoms with Crippen LogP contribution in [-0.2, 0) is 4.79 Å². The Morgan fingerprint density at radius 1 is 1.40 bits per heavy atom.